The van der Waals surface area contributed by atoms with E-state index in [9.17, 15) is 4.79 Å². The Labute approximate surface area is 145 Å². The minimum atomic E-state index is -0.171. The lowest BCUT2D eigenvalue weighted by Crippen LogP contribution is -2.43. The molecule has 0 aliphatic carbocycles. The largest absolute Gasteiger partial charge is 0.459 e. The van der Waals surface area contributed by atoms with Crippen molar-refractivity contribution in [2.24, 2.45) is 0 Å². The number of nitrogens with one attached hydrogen (secondary N) is 2. The Morgan fingerprint density at radius 3 is 3.20 bits per heavy atom. The van der Waals surface area contributed by atoms with Gasteiger partial charge in [-0.05, 0) is 25.5 Å². The number of hydrogen-bond donors (Lipinski definition) is 2. The van der Waals surface area contributed by atoms with Gasteiger partial charge in [0.05, 0.1) is 19.1 Å². The number of benzene rings is 1. The molecular weight excluding hydrogens is 318 g/mol. The molecule has 3 aromatic rings. The van der Waals surface area contributed by atoms with Gasteiger partial charge in [-0.3, -0.25) is 4.79 Å². The van der Waals surface area contributed by atoms with Crippen LogP contribution in [0.1, 0.15) is 31.0 Å². The van der Waals surface area contributed by atoms with Crippen molar-refractivity contribution in [3.8, 4) is 0 Å². The highest BCUT2D eigenvalue weighted by Crippen LogP contribution is 2.23. The van der Waals surface area contributed by atoms with E-state index in [0.29, 0.717) is 0 Å². The second-order valence-electron chi connectivity index (χ2n) is 6.45. The number of carbonyl (C=O) groups excluding carboxylic acids is 1. The van der Waals surface area contributed by atoms with Gasteiger partial charge in [0.2, 0.25) is 5.91 Å². The monoisotopic (exact) mass is 339 g/mol. The Hall–Kier alpha value is -2.67. The van der Waals surface area contributed by atoms with Crippen molar-refractivity contribution in [3.05, 3.63) is 48.2 Å². The van der Waals surface area contributed by atoms with Gasteiger partial charge in [-0.15, -0.1) is 0 Å². The molecule has 1 aromatic carbocycles. The van der Waals surface area contributed by atoms with Crippen LogP contribution in [0.25, 0.3) is 11.0 Å². The van der Waals surface area contributed by atoms with Crippen LogP contribution < -0.4 is 10.6 Å². The molecule has 1 aliphatic rings. The van der Waals surface area contributed by atoms with E-state index in [2.05, 4.69) is 20.7 Å². The Morgan fingerprint density at radius 2 is 2.32 bits per heavy atom. The fourth-order valence-corrected chi connectivity index (χ4v) is 3.22. The summed E-state index contributed by atoms with van der Waals surface area (Å²) in [4.78, 5) is 16.4. The van der Waals surface area contributed by atoms with Crippen LogP contribution in [0, 0.1) is 0 Å². The molecule has 3 heterocycles. The number of amides is 1. The van der Waals surface area contributed by atoms with E-state index in [1.54, 1.807) is 6.33 Å². The Kier molecular flexibility index (Phi) is 4.23. The standard InChI is InChI=1S/C18H21N5O2/c1-12(16-8-13-4-2-3-5-15(13)25-16)22-18(24)9-19-14-6-7-17-20-11-21-23(17)10-14/h2-5,8,11-12,14,19H,6-7,9-10H2,1H3,(H,22,24). The van der Waals surface area contributed by atoms with E-state index in [4.69, 9.17) is 4.42 Å². The van der Waals surface area contributed by atoms with Crippen LogP contribution in [-0.4, -0.2) is 33.3 Å². The van der Waals surface area contributed by atoms with Crippen LogP contribution in [0.3, 0.4) is 0 Å². The Bertz CT molecular complexity index is 851. The van der Waals surface area contributed by atoms with Crippen LogP contribution in [0.15, 0.2) is 41.1 Å². The number of aryl methyl sites for hydroxylation is 1. The average Bonchev–Trinajstić information content (AvgIpc) is 3.25. The van der Waals surface area contributed by atoms with Crippen molar-refractivity contribution < 1.29 is 9.21 Å². The molecule has 25 heavy (non-hydrogen) atoms. The third-order valence-corrected chi connectivity index (χ3v) is 4.61. The zero-order chi connectivity index (χ0) is 17.2. The number of rotatable bonds is 5. The minimum absolute atomic E-state index is 0.0441. The molecule has 2 N–H and O–H groups in total. The SMILES string of the molecule is CC(NC(=O)CNC1CCc2ncnn2C1)c1cc2ccccc2o1. The summed E-state index contributed by atoms with van der Waals surface area (Å²) in [5, 5.41) is 11.5. The second-order valence-corrected chi connectivity index (χ2v) is 6.45. The lowest BCUT2D eigenvalue weighted by Gasteiger charge is -2.23. The molecule has 0 fully saturated rings. The highest BCUT2D eigenvalue weighted by Gasteiger charge is 2.20. The highest BCUT2D eigenvalue weighted by molar-refractivity contribution is 5.80. The molecular formula is C18H21N5O2. The summed E-state index contributed by atoms with van der Waals surface area (Å²) in [6.45, 7) is 2.96. The summed E-state index contributed by atoms with van der Waals surface area (Å²) >= 11 is 0. The molecule has 0 saturated heterocycles. The number of furan rings is 1. The quantitative estimate of drug-likeness (QED) is 0.740. The summed E-state index contributed by atoms with van der Waals surface area (Å²) < 4.78 is 7.70. The minimum Gasteiger partial charge on any atom is -0.459 e. The van der Waals surface area contributed by atoms with Crippen molar-refractivity contribution in [1.29, 1.82) is 0 Å². The smallest absolute Gasteiger partial charge is 0.234 e. The van der Waals surface area contributed by atoms with E-state index >= 15 is 0 Å². The summed E-state index contributed by atoms with van der Waals surface area (Å²) in [7, 11) is 0. The summed E-state index contributed by atoms with van der Waals surface area (Å²) in [6.07, 6.45) is 3.43. The number of fused-ring (bicyclic) bond motifs is 2. The molecule has 4 rings (SSSR count). The zero-order valence-corrected chi connectivity index (χ0v) is 14.1. The fourth-order valence-electron chi connectivity index (χ4n) is 3.22. The third-order valence-electron chi connectivity index (χ3n) is 4.61. The van der Waals surface area contributed by atoms with Crippen molar-refractivity contribution in [2.45, 2.75) is 38.4 Å². The molecule has 7 nitrogen and oxygen atoms in total. The predicted octanol–water partition coefficient (Wildman–Crippen LogP) is 1.81. The van der Waals surface area contributed by atoms with E-state index in [0.717, 1.165) is 41.9 Å². The maximum Gasteiger partial charge on any atom is 0.234 e. The van der Waals surface area contributed by atoms with Crippen molar-refractivity contribution in [3.63, 3.8) is 0 Å². The second kappa shape index (κ2) is 6.68. The van der Waals surface area contributed by atoms with Gasteiger partial charge < -0.3 is 15.1 Å². The van der Waals surface area contributed by atoms with Gasteiger partial charge in [0, 0.05) is 17.8 Å². The van der Waals surface area contributed by atoms with Gasteiger partial charge in [0.1, 0.15) is 23.5 Å². The Balaban J connectivity index is 1.30. The van der Waals surface area contributed by atoms with Gasteiger partial charge in [0.25, 0.3) is 0 Å². The first kappa shape index (κ1) is 15.8. The van der Waals surface area contributed by atoms with Crippen molar-refractivity contribution in [2.75, 3.05) is 6.54 Å². The molecule has 0 bridgehead atoms. The molecule has 0 saturated carbocycles. The molecule has 1 amide bonds. The molecule has 0 radical (unpaired) electrons. The predicted molar refractivity (Wildman–Crippen MR) is 92.9 cm³/mol. The molecule has 2 atom stereocenters. The molecule has 130 valence electrons. The van der Waals surface area contributed by atoms with E-state index in [1.807, 2.05) is 41.9 Å². The van der Waals surface area contributed by atoms with Crippen LogP contribution in [0.2, 0.25) is 0 Å². The first-order valence-corrected chi connectivity index (χ1v) is 8.57. The van der Waals surface area contributed by atoms with Crippen LogP contribution in [0.5, 0.6) is 0 Å². The number of aromatic nitrogens is 3. The first-order valence-electron chi connectivity index (χ1n) is 8.57. The third kappa shape index (κ3) is 3.41. The molecule has 1 aliphatic heterocycles. The highest BCUT2D eigenvalue weighted by atomic mass is 16.3. The van der Waals surface area contributed by atoms with E-state index < -0.39 is 0 Å². The average molecular weight is 339 g/mol. The van der Waals surface area contributed by atoms with Crippen molar-refractivity contribution in [1.82, 2.24) is 25.4 Å². The number of nitrogens with zero attached hydrogens (tertiary/aromatic N) is 3. The lowest BCUT2D eigenvalue weighted by atomic mass is 10.1. The summed E-state index contributed by atoms with van der Waals surface area (Å²) in [5.74, 6) is 1.73. The summed E-state index contributed by atoms with van der Waals surface area (Å²) in [6, 6.07) is 9.88. The normalized spacial score (nSPS) is 18.0. The van der Waals surface area contributed by atoms with Gasteiger partial charge in [-0.1, -0.05) is 18.2 Å². The maximum atomic E-state index is 12.2. The molecule has 7 heteroatoms. The van der Waals surface area contributed by atoms with Gasteiger partial charge in [-0.2, -0.15) is 5.10 Å². The molecule has 2 unspecified atom stereocenters. The number of carbonyl (C=O) groups is 1. The van der Waals surface area contributed by atoms with Crippen LogP contribution >= 0.6 is 0 Å². The fraction of sp³-hybridized carbons (Fsp3) is 0.389. The zero-order valence-electron chi connectivity index (χ0n) is 14.1. The van der Waals surface area contributed by atoms with Crippen LogP contribution in [0.4, 0.5) is 0 Å². The number of hydrogen-bond acceptors (Lipinski definition) is 5. The van der Waals surface area contributed by atoms with E-state index in [1.165, 1.54) is 0 Å². The van der Waals surface area contributed by atoms with Gasteiger partial charge in [0.15, 0.2) is 0 Å². The van der Waals surface area contributed by atoms with Gasteiger partial charge >= 0.3 is 0 Å². The lowest BCUT2D eigenvalue weighted by molar-refractivity contribution is -0.121. The topological polar surface area (TPSA) is 85.0 Å². The summed E-state index contributed by atoms with van der Waals surface area (Å²) in [5.41, 5.74) is 0.836. The molecule has 0 spiro atoms. The van der Waals surface area contributed by atoms with Gasteiger partial charge in [-0.25, -0.2) is 9.67 Å². The Morgan fingerprint density at radius 1 is 1.44 bits per heavy atom. The molecule has 2 aromatic heterocycles. The maximum absolute atomic E-state index is 12.2. The van der Waals surface area contributed by atoms with E-state index in [-0.39, 0.29) is 24.5 Å². The van der Waals surface area contributed by atoms with Crippen molar-refractivity contribution >= 4 is 16.9 Å². The van der Waals surface area contributed by atoms with Crippen LogP contribution in [-0.2, 0) is 17.8 Å². The first-order chi connectivity index (χ1) is 12.2. The number of para-hydroxylation sites is 1.